The van der Waals surface area contributed by atoms with Gasteiger partial charge in [-0.3, -0.25) is 4.79 Å². The van der Waals surface area contributed by atoms with Gasteiger partial charge in [0.2, 0.25) is 6.41 Å². The molecule has 0 radical (unpaired) electrons. The number of benzene rings is 2. The van der Waals surface area contributed by atoms with E-state index >= 15 is 0 Å². The zero-order valence-corrected chi connectivity index (χ0v) is 14.7. The summed E-state index contributed by atoms with van der Waals surface area (Å²) < 4.78 is 39.0. The zero-order chi connectivity index (χ0) is 18.3. The van der Waals surface area contributed by atoms with E-state index in [2.05, 4.69) is 5.32 Å². The first kappa shape index (κ1) is 16.8. The van der Waals surface area contributed by atoms with Crippen molar-refractivity contribution in [3.63, 3.8) is 0 Å². The highest BCUT2D eigenvalue weighted by Gasteiger charge is 2.31. The van der Waals surface area contributed by atoms with E-state index in [0.717, 1.165) is 22.2 Å². The quantitative estimate of drug-likeness (QED) is 0.715. The standard InChI is InChI=1S/C19H17FN2O3S/c20-14-1-4-16(5-2-14)22-10-18(13-7-8-26(24,25)11-13)17-6-3-15(21-12-23)9-19(17)22/h1-6,9-10,12-13H,7-8,11H2,(H,21,23). The van der Waals surface area contributed by atoms with E-state index in [9.17, 15) is 17.6 Å². The molecule has 0 aliphatic carbocycles. The molecule has 26 heavy (non-hydrogen) atoms. The minimum Gasteiger partial charge on any atom is -0.329 e. The van der Waals surface area contributed by atoms with Gasteiger partial charge in [0, 0.05) is 28.9 Å². The third-order valence-corrected chi connectivity index (χ3v) is 6.61. The highest BCUT2D eigenvalue weighted by molar-refractivity contribution is 7.91. The molecule has 1 saturated heterocycles. The van der Waals surface area contributed by atoms with Crippen LogP contribution < -0.4 is 5.32 Å². The Bertz CT molecular complexity index is 1090. The fourth-order valence-corrected chi connectivity index (χ4v) is 5.36. The van der Waals surface area contributed by atoms with Crippen LogP contribution in [-0.2, 0) is 14.6 Å². The van der Waals surface area contributed by atoms with Gasteiger partial charge in [0.15, 0.2) is 9.84 Å². The van der Waals surface area contributed by atoms with Crippen LogP contribution in [-0.4, -0.2) is 30.9 Å². The Morgan fingerprint density at radius 2 is 1.92 bits per heavy atom. The van der Waals surface area contributed by atoms with Crippen molar-refractivity contribution in [2.75, 3.05) is 16.8 Å². The second-order valence-electron chi connectivity index (χ2n) is 6.52. The number of fused-ring (bicyclic) bond motifs is 1. The topological polar surface area (TPSA) is 68.2 Å². The maximum absolute atomic E-state index is 13.3. The molecule has 7 heteroatoms. The summed E-state index contributed by atoms with van der Waals surface area (Å²) in [5, 5.41) is 3.57. The Kier molecular flexibility index (Phi) is 4.03. The van der Waals surface area contributed by atoms with Gasteiger partial charge in [-0.1, -0.05) is 6.07 Å². The van der Waals surface area contributed by atoms with Gasteiger partial charge in [0.05, 0.1) is 17.0 Å². The summed E-state index contributed by atoms with van der Waals surface area (Å²) in [5.41, 5.74) is 3.21. The van der Waals surface area contributed by atoms with Crippen LogP contribution >= 0.6 is 0 Å². The zero-order valence-electron chi connectivity index (χ0n) is 13.9. The number of anilines is 1. The summed E-state index contributed by atoms with van der Waals surface area (Å²) in [5.74, 6) is -0.0417. The summed E-state index contributed by atoms with van der Waals surface area (Å²) in [4.78, 5) is 10.8. The van der Waals surface area contributed by atoms with Crippen LogP contribution in [0.3, 0.4) is 0 Å². The third-order valence-electron chi connectivity index (χ3n) is 4.84. The monoisotopic (exact) mass is 372 g/mol. The maximum Gasteiger partial charge on any atom is 0.211 e. The molecule has 0 saturated carbocycles. The van der Waals surface area contributed by atoms with Crippen molar-refractivity contribution < 1.29 is 17.6 Å². The summed E-state index contributed by atoms with van der Waals surface area (Å²) >= 11 is 0. The number of carbonyl (C=O) groups excluding carboxylic acids is 1. The Balaban J connectivity index is 1.90. The number of hydrogen-bond donors (Lipinski definition) is 1. The fraction of sp³-hybridized carbons (Fsp3) is 0.211. The van der Waals surface area contributed by atoms with Crippen LogP contribution in [0.15, 0.2) is 48.7 Å². The van der Waals surface area contributed by atoms with Crippen LogP contribution in [0.2, 0.25) is 0 Å². The maximum atomic E-state index is 13.3. The van der Waals surface area contributed by atoms with Crippen molar-refractivity contribution in [1.29, 1.82) is 0 Å². The lowest BCUT2D eigenvalue weighted by molar-refractivity contribution is -0.105. The van der Waals surface area contributed by atoms with Crippen molar-refractivity contribution in [2.24, 2.45) is 0 Å². The Morgan fingerprint density at radius 3 is 2.58 bits per heavy atom. The van der Waals surface area contributed by atoms with Crippen LogP contribution in [0.1, 0.15) is 17.9 Å². The molecule has 1 amide bonds. The van der Waals surface area contributed by atoms with Crippen LogP contribution in [0.4, 0.5) is 10.1 Å². The molecule has 1 N–H and O–H groups in total. The molecule has 5 nitrogen and oxygen atoms in total. The van der Waals surface area contributed by atoms with E-state index in [4.69, 9.17) is 0 Å². The minimum absolute atomic E-state index is 0.0610. The SMILES string of the molecule is O=CNc1ccc2c(C3CCS(=O)(=O)C3)cn(-c3ccc(F)cc3)c2c1. The fourth-order valence-electron chi connectivity index (χ4n) is 3.59. The molecular formula is C19H17FN2O3S. The molecule has 2 aromatic carbocycles. The molecule has 1 aliphatic heterocycles. The van der Waals surface area contributed by atoms with Crippen LogP contribution in [0, 0.1) is 5.82 Å². The molecule has 1 unspecified atom stereocenters. The number of hydrogen-bond acceptors (Lipinski definition) is 3. The number of carbonyl (C=O) groups is 1. The number of amides is 1. The number of halogens is 1. The van der Waals surface area contributed by atoms with Gasteiger partial charge >= 0.3 is 0 Å². The van der Waals surface area contributed by atoms with Gasteiger partial charge < -0.3 is 9.88 Å². The second-order valence-corrected chi connectivity index (χ2v) is 8.75. The molecular weight excluding hydrogens is 355 g/mol. The van der Waals surface area contributed by atoms with E-state index < -0.39 is 9.84 Å². The van der Waals surface area contributed by atoms with Crippen molar-refractivity contribution in [2.45, 2.75) is 12.3 Å². The first-order valence-corrected chi connectivity index (χ1v) is 10.1. The van der Waals surface area contributed by atoms with Gasteiger partial charge in [-0.05, 0) is 48.4 Å². The predicted molar refractivity (Wildman–Crippen MR) is 98.9 cm³/mol. The molecule has 1 atom stereocenters. The minimum atomic E-state index is -3.01. The van der Waals surface area contributed by atoms with Gasteiger partial charge in [0.1, 0.15) is 5.82 Å². The van der Waals surface area contributed by atoms with Gasteiger partial charge in [-0.25, -0.2) is 12.8 Å². The highest BCUT2D eigenvalue weighted by atomic mass is 32.2. The molecule has 134 valence electrons. The lowest BCUT2D eigenvalue weighted by atomic mass is 9.98. The lowest BCUT2D eigenvalue weighted by Crippen LogP contribution is -2.03. The summed E-state index contributed by atoms with van der Waals surface area (Å²) in [7, 11) is -3.01. The molecule has 1 aliphatic rings. The number of rotatable bonds is 4. The van der Waals surface area contributed by atoms with Crippen molar-refractivity contribution in [3.05, 3.63) is 60.0 Å². The summed E-state index contributed by atoms with van der Waals surface area (Å²) in [6, 6.07) is 11.6. The molecule has 1 fully saturated rings. The van der Waals surface area contributed by atoms with Crippen molar-refractivity contribution in [1.82, 2.24) is 4.57 Å². The smallest absolute Gasteiger partial charge is 0.211 e. The number of sulfone groups is 1. The lowest BCUT2D eigenvalue weighted by Gasteiger charge is -2.06. The third kappa shape index (κ3) is 2.99. The molecule has 2 heterocycles. The molecule has 1 aromatic heterocycles. The van der Waals surface area contributed by atoms with E-state index in [1.807, 2.05) is 22.9 Å². The molecule has 0 spiro atoms. The number of nitrogens with zero attached hydrogens (tertiary/aromatic N) is 1. The number of aromatic nitrogens is 1. The summed E-state index contributed by atoms with van der Waals surface area (Å²) in [6.07, 6.45) is 3.13. The van der Waals surface area contributed by atoms with Crippen LogP contribution in [0.25, 0.3) is 16.6 Å². The summed E-state index contributed by atoms with van der Waals surface area (Å²) in [6.45, 7) is 0. The second kappa shape index (κ2) is 6.25. The van der Waals surface area contributed by atoms with E-state index in [0.29, 0.717) is 18.5 Å². The first-order valence-electron chi connectivity index (χ1n) is 8.28. The molecule has 4 rings (SSSR count). The molecule has 0 bridgehead atoms. The highest BCUT2D eigenvalue weighted by Crippen LogP contribution is 2.37. The van der Waals surface area contributed by atoms with Gasteiger partial charge in [0.25, 0.3) is 0 Å². The Labute approximate surface area is 150 Å². The van der Waals surface area contributed by atoms with E-state index in [-0.39, 0.29) is 23.2 Å². The van der Waals surface area contributed by atoms with Gasteiger partial charge in [-0.2, -0.15) is 0 Å². The van der Waals surface area contributed by atoms with E-state index in [1.165, 1.54) is 12.1 Å². The number of nitrogens with one attached hydrogen (secondary N) is 1. The van der Waals surface area contributed by atoms with Crippen molar-refractivity contribution in [3.8, 4) is 5.69 Å². The largest absolute Gasteiger partial charge is 0.329 e. The first-order chi connectivity index (χ1) is 12.5. The Hall–Kier alpha value is -2.67. The average Bonchev–Trinajstić information content (AvgIpc) is 3.16. The average molecular weight is 372 g/mol. The van der Waals surface area contributed by atoms with E-state index in [1.54, 1.807) is 18.2 Å². The normalized spacial score (nSPS) is 18.9. The van der Waals surface area contributed by atoms with Crippen LogP contribution in [0.5, 0.6) is 0 Å². The molecule has 3 aromatic rings. The Morgan fingerprint density at radius 1 is 1.15 bits per heavy atom. The van der Waals surface area contributed by atoms with Crippen molar-refractivity contribution >= 4 is 32.8 Å². The van der Waals surface area contributed by atoms with Gasteiger partial charge in [-0.15, -0.1) is 0 Å². The predicted octanol–water partition coefficient (Wildman–Crippen LogP) is 3.24.